The molecule has 2 heteroatoms. The highest BCUT2D eigenvalue weighted by Gasteiger charge is 1.71. The van der Waals surface area contributed by atoms with Crippen LogP contribution in [0.3, 0.4) is 0 Å². The first-order valence-electron chi connectivity index (χ1n) is 2.88. The Labute approximate surface area is 50.2 Å². The minimum absolute atomic E-state index is 0.144. The minimum atomic E-state index is 0.144. The van der Waals surface area contributed by atoms with Crippen molar-refractivity contribution in [1.29, 1.82) is 0 Å². The van der Waals surface area contributed by atoms with Crippen LogP contribution in [-0.4, -0.2) is 24.8 Å². The van der Waals surface area contributed by atoms with E-state index >= 15 is 0 Å². The van der Waals surface area contributed by atoms with E-state index in [4.69, 9.17) is 5.11 Å². The van der Waals surface area contributed by atoms with Gasteiger partial charge in [0.1, 0.15) is 0 Å². The van der Waals surface area contributed by atoms with Gasteiger partial charge >= 0.3 is 0 Å². The normalized spacial score (nSPS) is 10.8. The van der Waals surface area contributed by atoms with Crippen LogP contribution >= 0.6 is 0 Å². The third-order valence-corrected chi connectivity index (χ3v) is 0.784. The number of hydrogen-bond acceptors (Lipinski definition) is 2. The van der Waals surface area contributed by atoms with Crippen LogP contribution in [0.15, 0.2) is 12.2 Å². The molecule has 0 atom stereocenters. The molecule has 0 aromatic carbocycles. The molecule has 0 saturated carbocycles. The van der Waals surface area contributed by atoms with E-state index < -0.39 is 0 Å². The second-order valence-electron chi connectivity index (χ2n) is 1.46. The summed E-state index contributed by atoms with van der Waals surface area (Å²) in [5.41, 5.74) is 0. The van der Waals surface area contributed by atoms with Crippen molar-refractivity contribution in [1.82, 2.24) is 5.32 Å². The molecular weight excluding hydrogens is 102 g/mol. The topological polar surface area (TPSA) is 32.3 Å². The van der Waals surface area contributed by atoms with E-state index in [2.05, 4.69) is 5.32 Å². The molecule has 0 unspecified atom stereocenters. The van der Waals surface area contributed by atoms with Crippen molar-refractivity contribution in [2.24, 2.45) is 0 Å². The Hall–Kier alpha value is -0.340. The van der Waals surface area contributed by atoms with Crippen LogP contribution in [0.2, 0.25) is 0 Å². The molecule has 0 saturated heterocycles. The standard InChI is InChI=1S/C6H13NO/c1-2-7-5-3-4-6-8/h3-4,7-8H,2,5-6H2,1H3/b4-3-. The summed E-state index contributed by atoms with van der Waals surface area (Å²) in [4.78, 5) is 0. The van der Waals surface area contributed by atoms with Crippen molar-refractivity contribution in [3.63, 3.8) is 0 Å². The van der Waals surface area contributed by atoms with Crippen LogP contribution in [0, 0.1) is 0 Å². The van der Waals surface area contributed by atoms with Gasteiger partial charge in [0, 0.05) is 6.54 Å². The van der Waals surface area contributed by atoms with Crippen LogP contribution in [0.4, 0.5) is 0 Å². The highest BCUT2D eigenvalue weighted by molar-refractivity contribution is 4.82. The van der Waals surface area contributed by atoms with Gasteiger partial charge in [0.05, 0.1) is 6.61 Å². The second-order valence-corrected chi connectivity index (χ2v) is 1.46. The molecule has 48 valence electrons. The lowest BCUT2D eigenvalue weighted by Gasteiger charge is -1.90. The predicted molar refractivity (Wildman–Crippen MR) is 34.8 cm³/mol. The van der Waals surface area contributed by atoms with Gasteiger partial charge in [0.15, 0.2) is 0 Å². The van der Waals surface area contributed by atoms with E-state index in [1.54, 1.807) is 6.08 Å². The Morgan fingerprint density at radius 3 is 2.75 bits per heavy atom. The van der Waals surface area contributed by atoms with Gasteiger partial charge in [-0.3, -0.25) is 0 Å². The lowest BCUT2D eigenvalue weighted by Crippen LogP contribution is -2.11. The van der Waals surface area contributed by atoms with Crippen molar-refractivity contribution < 1.29 is 5.11 Å². The van der Waals surface area contributed by atoms with Crippen LogP contribution in [0.5, 0.6) is 0 Å². The number of aliphatic hydroxyl groups is 1. The van der Waals surface area contributed by atoms with E-state index in [1.165, 1.54) is 0 Å². The Bertz CT molecular complexity index is 61.5. The monoisotopic (exact) mass is 115 g/mol. The van der Waals surface area contributed by atoms with Crippen molar-refractivity contribution in [3.05, 3.63) is 12.2 Å². The third kappa shape index (κ3) is 5.66. The maximum atomic E-state index is 8.25. The molecule has 0 amide bonds. The summed E-state index contributed by atoms with van der Waals surface area (Å²) in [5.74, 6) is 0. The van der Waals surface area contributed by atoms with Crippen molar-refractivity contribution in [3.8, 4) is 0 Å². The molecule has 0 heterocycles. The molecule has 2 nitrogen and oxygen atoms in total. The lowest BCUT2D eigenvalue weighted by molar-refractivity contribution is 0.342. The number of likely N-dealkylation sites (N-methyl/N-ethyl adjacent to an activating group) is 1. The lowest BCUT2D eigenvalue weighted by atomic mass is 10.5. The van der Waals surface area contributed by atoms with Crippen LogP contribution < -0.4 is 5.32 Å². The van der Waals surface area contributed by atoms with Crippen LogP contribution in [0.1, 0.15) is 6.92 Å². The number of nitrogens with one attached hydrogen (secondary N) is 1. The summed E-state index contributed by atoms with van der Waals surface area (Å²) in [6.07, 6.45) is 3.63. The van der Waals surface area contributed by atoms with E-state index in [0.29, 0.717) is 0 Å². The molecule has 0 aromatic heterocycles. The molecule has 0 aliphatic carbocycles. The molecule has 0 fully saturated rings. The second kappa shape index (κ2) is 6.66. The van der Waals surface area contributed by atoms with Gasteiger partial charge in [-0.2, -0.15) is 0 Å². The van der Waals surface area contributed by atoms with Gasteiger partial charge in [0.2, 0.25) is 0 Å². The van der Waals surface area contributed by atoms with Gasteiger partial charge in [-0.1, -0.05) is 19.1 Å². The van der Waals surface area contributed by atoms with Crippen molar-refractivity contribution in [2.75, 3.05) is 19.7 Å². The minimum Gasteiger partial charge on any atom is -0.392 e. The summed E-state index contributed by atoms with van der Waals surface area (Å²) in [6.45, 7) is 4.03. The largest absolute Gasteiger partial charge is 0.392 e. The Balaban J connectivity index is 2.80. The maximum Gasteiger partial charge on any atom is 0.0612 e. The fraction of sp³-hybridized carbons (Fsp3) is 0.667. The third-order valence-electron chi connectivity index (χ3n) is 0.784. The molecule has 0 radical (unpaired) electrons. The van der Waals surface area contributed by atoms with E-state index in [1.807, 2.05) is 13.0 Å². The number of rotatable bonds is 4. The smallest absolute Gasteiger partial charge is 0.0612 e. The van der Waals surface area contributed by atoms with Crippen LogP contribution in [-0.2, 0) is 0 Å². The fourth-order valence-electron chi connectivity index (χ4n) is 0.386. The van der Waals surface area contributed by atoms with Gasteiger partial charge < -0.3 is 10.4 Å². The van der Waals surface area contributed by atoms with Gasteiger partial charge in [-0.25, -0.2) is 0 Å². The number of aliphatic hydroxyl groups excluding tert-OH is 1. The molecule has 8 heavy (non-hydrogen) atoms. The average molecular weight is 115 g/mol. The Kier molecular flexibility index (Phi) is 6.38. The fourth-order valence-corrected chi connectivity index (χ4v) is 0.386. The zero-order valence-electron chi connectivity index (χ0n) is 5.22. The molecule has 2 N–H and O–H groups in total. The van der Waals surface area contributed by atoms with Crippen molar-refractivity contribution in [2.45, 2.75) is 6.92 Å². The first-order valence-corrected chi connectivity index (χ1v) is 2.88. The summed E-state index contributed by atoms with van der Waals surface area (Å²) in [6, 6.07) is 0. The zero-order chi connectivity index (χ0) is 6.24. The quantitative estimate of drug-likeness (QED) is 0.403. The highest BCUT2D eigenvalue weighted by Crippen LogP contribution is 1.66. The van der Waals surface area contributed by atoms with Crippen LogP contribution in [0.25, 0.3) is 0 Å². The molecule has 0 aromatic rings. The highest BCUT2D eigenvalue weighted by atomic mass is 16.2. The summed E-state index contributed by atoms with van der Waals surface area (Å²) in [5, 5.41) is 11.3. The summed E-state index contributed by atoms with van der Waals surface area (Å²) < 4.78 is 0. The van der Waals surface area contributed by atoms with Crippen molar-refractivity contribution >= 4 is 0 Å². The molecule has 0 bridgehead atoms. The Morgan fingerprint density at radius 2 is 2.25 bits per heavy atom. The van der Waals surface area contributed by atoms with E-state index in [0.717, 1.165) is 13.1 Å². The average Bonchev–Trinajstić information content (AvgIpc) is 1.81. The number of hydrogen-bond donors (Lipinski definition) is 2. The summed E-state index contributed by atoms with van der Waals surface area (Å²) >= 11 is 0. The Morgan fingerprint density at radius 1 is 1.50 bits per heavy atom. The SMILES string of the molecule is CCNC/C=C\CO. The molecule has 0 rings (SSSR count). The first-order chi connectivity index (χ1) is 3.91. The van der Waals surface area contributed by atoms with E-state index in [-0.39, 0.29) is 6.61 Å². The molecule has 0 aliphatic rings. The maximum absolute atomic E-state index is 8.25. The first kappa shape index (κ1) is 7.66. The van der Waals surface area contributed by atoms with Gasteiger partial charge in [-0.05, 0) is 6.54 Å². The summed E-state index contributed by atoms with van der Waals surface area (Å²) in [7, 11) is 0. The van der Waals surface area contributed by atoms with Gasteiger partial charge in [0.25, 0.3) is 0 Å². The molecular formula is C6H13NO. The molecule has 0 spiro atoms. The predicted octanol–water partition coefficient (Wildman–Crippen LogP) is 0.144. The zero-order valence-corrected chi connectivity index (χ0v) is 5.22. The van der Waals surface area contributed by atoms with E-state index in [9.17, 15) is 0 Å². The molecule has 0 aliphatic heterocycles. The van der Waals surface area contributed by atoms with Gasteiger partial charge in [-0.15, -0.1) is 0 Å².